The molecule has 0 bridgehead atoms. The number of hydrogen-bond acceptors (Lipinski definition) is 3. The predicted octanol–water partition coefficient (Wildman–Crippen LogP) is 2.98. The average molecular weight is 275 g/mol. The van der Waals surface area contributed by atoms with Crippen molar-refractivity contribution in [2.45, 2.75) is 19.4 Å². The number of rotatable bonds is 4. The van der Waals surface area contributed by atoms with Crippen molar-refractivity contribution < 1.29 is 0 Å². The molecule has 1 aromatic carbocycles. The molecule has 2 unspecified atom stereocenters. The van der Waals surface area contributed by atoms with Gasteiger partial charge in [-0.2, -0.15) is 11.8 Å². The lowest BCUT2D eigenvalue weighted by Crippen LogP contribution is -2.27. The molecule has 1 fully saturated rings. The van der Waals surface area contributed by atoms with E-state index >= 15 is 0 Å². The van der Waals surface area contributed by atoms with E-state index < -0.39 is 0 Å². The molecule has 0 saturated carbocycles. The third kappa shape index (κ3) is 2.65. The standard InChI is InChI=1S/C15H21N3S/c1-11(16-9-12-7-8-19-10-12)15-17-13-5-3-4-6-14(13)18(15)2/h3-6,11-12,16H,7-10H2,1-2H3. The summed E-state index contributed by atoms with van der Waals surface area (Å²) in [7, 11) is 2.11. The van der Waals surface area contributed by atoms with Crippen LogP contribution in [0.1, 0.15) is 25.2 Å². The Morgan fingerprint density at radius 2 is 2.32 bits per heavy atom. The molecule has 1 aliphatic rings. The molecule has 4 heteroatoms. The van der Waals surface area contributed by atoms with Gasteiger partial charge in [-0.1, -0.05) is 12.1 Å². The Hall–Kier alpha value is -1.00. The Balaban J connectivity index is 1.73. The first-order valence-electron chi connectivity index (χ1n) is 6.98. The fourth-order valence-electron chi connectivity index (χ4n) is 2.73. The summed E-state index contributed by atoms with van der Waals surface area (Å²) >= 11 is 2.08. The number of nitrogens with one attached hydrogen (secondary N) is 1. The summed E-state index contributed by atoms with van der Waals surface area (Å²) in [5.74, 6) is 4.60. The zero-order valence-corrected chi connectivity index (χ0v) is 12.4. The quantitative estimate of drug-likeness (QED) is 0.930. The van der Waals surface area contributed by atoms with Crippen LogP contribution in [0, 0.1) is 5.92 Å². The van der Waals surface area contributed by atoms with Crippen LogP contribution in [-0.4, -0.2) is 27.6 Å². The van der Waals surface area contributed by atoms with E-state index in [0.29, 0.717) is 6.04 Å². The maximum Gasteiger partial charge on any atom is 0.126 e. The zero-order valence-electron chi connectivity index (χ0n) is 11.6. The summed E-state index contributed by atoms with van der Waals surface area (Å²) in [6.07, 6.45) is 1.35. The van der Waals surface area contributed by atoms with E-state index in [0.717, 1.165) is 23.8 Å². The highest BCUT2D eigenvalue weighted by Gasteiger charge is 2.18. The second kappa shape index (κ2) is 5.55. The third-order valence-corrected chi connectivity index (χ3v) is 5.18. The number of aryl methyl sites for hydroxylation is 1. The lowest BCUT2D eigenvalue weighted by atomic mass is 10.1. The monoisotopic (exact) mass is 275 g/mol. The number of thioether (sulfide) groups is 1. The number of para-hydroxylation sites is 2. The summed E-state index contributed by atoms with van der Waals surface area (Å²) in [6, 6.07) is 8.64. The van der Waals surface area contributed by atoms with Gasteiger partial charge in [-0.3, -0.25) is 0 Å². The molecule has 0 radical (unpaired) electrons. The molecule has 0 amide bonds. The van der Waals surface area contributed by atoms with Crippen LogP contribution >= 0.6 is 11.8 Å². The molecule has 1 aliphatic heterocycles. The van der Waals surface area contributed by atoms with Gasteiger partial charge in [0.05, 0.1) is 17.1 Å². The minimum absolute atomic E-state index is 0.308. The Morgan fingerprint density at radius 3 is 3.05 bits per heavy atom. The molecule has 2 atom stereocenters. The van der Waals surface area contributed by atoms with Crippen LogP contribution < -0.4 is 5.32 Å². The summed E-state index contributed by atoms with van der Waals surface area (Å²) in [4.78, 5) is 4.75. The van der Waals surface area contributed by atoms with Crippen molar-refractivity contribution in [3.8, 4) is 0 Å². The van der Waals surface area contributed by atoms with Crippen LogP contribution in [0.4, 0.5) is 0 Å². The first-order chi connectivity index (χ1) is 9.25. The van der Waals surface area contributed by atoms with Crippen molar-refractivity contribution in [1.29, 1.82) is 0 Å². The first kappa shape index (κ1) is 13.0. The Morgan fingerprint density at radius 1 is 1.47 bits per heavy atom. The van der Waals surface area contributed by atoms with Gasteiger partial charge in [0.25, 0.3) is 0 Å². The molecule has 1 aromatic heterocycles. The van der Waals surface area contributed by atoms with E-state index in [4.69, 9.17) is 4.98 Å². The van der Waals surface area contributed by atoms with Gasteiger partial charge in [0.15, 0.2) is 0 Å². The van der Waals surface area contributed by atoms with Crippen LogP contribution in [-0.2, 0) is 7.05 Å². The van der Waals surface area contributed by atoms with Gasteiger partial charge in [-0.25, -0.2) is 4.98 Å². The maximum atomic E-state index is 4.75. The lowest BCUT2D eigenvalue weighted by Gasteiger charge is -2.16. The van der Waals surface area contributed by atoms with E-state index in [9.17, 15) is 0 Å². The highest BCUT2D eigenvalue weighted by atomic mass is 32.2. The number of benzene rings is 1. The Kier molecular flexibility index (Phi) is 3.80. The second-order valence-corrected chi connectivity index (χ2v) is 6.53. The minimum atomic E-state index is 0.308. The number of hydrogen-bond donors (Lipinski definition) is 1. The smallest absolute Gasteiger partial charge is 0.126 e. The third-order valence-electron chi connectivity index (χ3n) is 3.95. The molecule has 2 aromatic rings. The van der Waals surface area contributed by atoms with Gasteiger partial charge in [-0.05, 0) is 49.4 Å². The van der Waals surface area contributed by atoms with Crippen LogP contribution in [0.15, 0.2) is 24.3 Å². The van der Waals surface area contributed by atoms with Gasteiger partial charge in [0, 0.05) is 7.05 Å². The van der Waals surface area contributed by atoms with Crippen LogP contribution in [0.5, 0.6) is 0 Å². The van der Waals surface area contributed by atoms with Crippen LogP contribution in [0.3, 0.4) is 0 Å². The average Bonchev–Trinajstić information content (AvgIpc) is 3.05. The topological polar surface area (TPSA) is 29.9 Å². The predicted molar refractivity (Wildman–Crippen MR) is 82.6 cm³/mol. The van der Waals surface area contributed by atoms with Gasteiger partial charge < -0.3 is 9.88 Å². The molecule has 0 spiro atoms. The molecule has 102 valence electrons. The highest BCUT2D eigenvalue weighted by Crippen LogP contribution is 2.24. The minimum Gasteiger partial charge on any atom is -0.330 e. The Bertz CT molecular complexity index is 558. The number of imidazole rings is 1. The Labute approximate surface area is 118 Å². The fraction of sp³-hybridized carbons (Fsp3) is 0.533. The van der Waals surface area contributed by atoms with Crippen molar-refractivity contribution in [1.82, 2.24) is 14.9 Å². The van der Waals surface area contributed by atoms with E-state index in [2.05, 4.69) is 53.8 Å². The molecular weight excluding hydrogens is 254 g/mol. The van der Waals surface area contributed by atoms with E-state index in [1.54, 1.807) is 0 Å². The molecule has 19 heavy (non-hydrogen) atoms. The second-order valence-electron chi connectivity index (χ2n) is 5.38. The van der Waals surface area contributed by atoms with Crippen molar-refractivity contribution >= 4 is 22.8 Å². The van der Waals surface area contributed by atoms with Crippen molar-refractivity contribution in [2.75, 3.05) is 18.1 Å². The SMILES string of the molecule is CC(NCC1CCSC1)c1nc2ccccc2n1C. The largest absolute Gasteiger partial charge is 0.330 e. The van der Waals surface area contributed by atoms with Gasteiger partial charge in [0.2, 0.25) is 0 Å². The van der Waals surface area contributed by atoms with Crippen molar-refractivity contribution in [3.63, 3.8) is 0 Å². The van der Waals surface area contributed by atoms with Crippen molar-refractivity contribution in [3.05, 3.63) is 30.1 Å². The van der Waals surface area contributed by atoms with E-state index in [1.807, 2.05) is 6.07 Å². The molecule has 1 saturated heterocycles. The van der Waals surface area contributed by atoms with Crippen LogP contribution in [0.2, 0.25) is 0 Å². The summed E-state index contributed by atoms with van der Waals surface area (Å²) in [6.45, 7) is 3.32. The molecule has 0 aliphatic carbocycles. The maximum absolute atomic E-state index is 4.75. The number of nitrogens with zero attached hydrogens (tertiary/aromatic N) is 2. The number of fused-ring (bicyclic) bond motifs is 1. The van der Waals surface area contributed by atoms with Crippen molar-refractivity contribution in [2.24, 2.45) is 13.0 Å². The molecule has 1 N–H and O–H groups in total. The summed E-state index contributed by atoms with van der Waals surface area (Å²) < 4.78 is 2.20. The number of aromatic nitrogens is 2. The lowest BCUT2D eigenvalue weighted by molar-refractivity contribution is 0.460. The molecule has 3 nitrogen and oxygen atoms in total. The summed E-state index contributed by atoms with van der Waals surface area (Å²) in [5, 5.41) is 3.65. The normalized spacial score (nSPS) is 21.1. The zero-order chi connectivity index (χ0) is 13.2. The van der Waals surface area contributed by atoms with E-state index in [-0.39, 0.29) is 0 Å². The molecule has 3 rings (SSSR count). The first-order valence-corrected chi connectivity index (χ1v) is 8.13. The van der Waals surface area contributed by atoms with Gasteiger partial charge in [0.1, 0.15) is 5.82 Å². The molecule has 2 heterocycles. The summed E-state index contributed by atoms with van der Waals surface area (Å²) in [5.41, 5.74) is 2.30. The van der Waals surface area contributed by atoms with Gasteiger partial charge in [-0.15, -0.1) is 0 Å². The fourth-order valence-corrected chi connectivity index (χ4v) is 4.02. The van der Waals surface area contributed by atoms with E-state index in [1.165, 1.54) is 23.4 Å². The van der Waals surface area contributed by atoms with Gasteiger partial charge >= 0.3 is 0 Å². The molecular formula is C15H21N3S. The van der Waals surface area contributed by atoms with Crippen LogP contribution in [0.25, 0.3) is 11.0 Å². The highest BCUT2D eigenvalue weighted by molar-refractivity contribution is 7.99.